The third kappa shape index (κ3) is 8.02. The monoisotopic (exact) mass is 174 g/mol. The maximum atomic E-state index is 9.19. The summed E-state index contributed by atoms with van der Waals surface area (Å²) in [5.74, 6) is 0.709. The minimum absolute atomic E-state index is 0.177. The van der Waals surface area contributed by atoms with Crippen LogP contribution in [0.25, 0.3) is 0 Å². The molecule has 0 aliphatic heterocycles. The zero-order chi connectivity index (χ0) is 9.40. The molecule has 2 heteroatoms. The highest BCUT2D eigenvalue weighted by Gasteiger charge is 1.99. The second kappa shape index (κ2) is 7.56. The molecule has 1 atom stereocenters. The van der Waals surface area contributed by atoms with Crippen LogP contribution in [-0.4, -0.2) is 24.4 Å². The van der Waals surface area contributed by atoms with Gasteiger partial charge in [-0.25, -0.2) is 0 Å². The van der Waals surface area contributed by atoms with E-state index in [1.807, 2.05) is 6.92 Å². The van der Waals surface area contributed by atoms with E-state index in [-0.39, 0.29) is 6.10 Å². The summed E-state index contributed by atoms with van der Waals surface area (Å²) < 4.78 is 5.36. The largest absolute Gasteiger partial charge is 0.393 e. The van der Waals surface area contributed by atoms with E-state index in [2.05, 4.69) is 13.8 Å². The van der Waals surface area contributed by atoms with E-state index in [1.54, 1.807) is 0 Å². The molecule has 0 radical (unpaired) electrons. The molecule has 0 aromatic rings. The molecule has 74 valence electrons. The molecular formula is C10H22O2. The summed E-state index contributed by atoms with van der Waals surface area (Å²) in [6, 6.07) is 0. The van der Waals surface area contributed by atoms with Crippen LogP contribution in [0.1, 0.15) is 40.0 Å². The van der Waals surface area contributed by atoms with Crippen molar-refractivity contribution < 1.29 is 9.84 Å². The predicted octanol–water partition coefficient (Wildman–Crippen LogP) is 2.21. The number of hydrogen-bond acceptors (Lipinski definition) is 2. The van der Waals surface area contributed by atoms with Crippen LogP contribution >= 0.6 is 0 Å². The summed E-state index contributed by atoms with van der Waals surface area (Å²) in [4.78, 5) is 0. The van der Waals surface area contributed by atoms with Gasteiger partial charge in [0.05, 0.1) is 6.10 Å². The zero-order valence-corrected chi connectivity index (χ0v) is 8.55. The summed E-state index contributed by atoms with van der Waals surface area (Å²) in [5, 5.41) is 9.19. The van der Waals surface area contributed by atoms with Crippen molar-refractivity contribution in [1.82, 2.24) is 0 Å². The van der Waals surface area contributed by atoms with Crippen LogP contribution in [0.15, 0.2) is 0 Å². The summed E-state index contributed by atoms with van der Waals surface area (Å²) in [5.41, 5.74) is 0. The van der Waals surface area contributed by atoms with Gasteiger partial charge in [-0.3, -0.25) is 0 Å². The predicted molar refractivity (Wildman–Crippen MR) is 51.2 cm³/mol. The first-order chi connectivity index (χ1) is 5.66. The third-order valence-electron chi connectivity index (χ3n) is 1.91. The summed E-state index contributed by atoms with van der Waals surface area (Å²) in [6.07, 6.45) is 2.54. The zero-order valence-electron chi connectivity index (χ0n) is 8.55. The van der Waals surface area contributed by atoms with Crippen LogP contribution < -0.4 is 0 Å². The smallest absolute Gasteiger partial charge is 0.0559 e. The Morgan fingerprint density at radius 2 is 1.75 bits per heavy atom. The van der Waals surface area contributed by atoms with Crippen LogP contribution in [0.2, 0.25) is 0 Å². The van der Waals surface area contributed by atoms with Crippen LogP contribution in [0.3, 0.4) is 0 Å². The Balaban J connectivity index is 3.00. The van der Waals surface area contributed by atoms with E-state index in [1.165, 1.54) is 0 Å². The molecular weight excluding hydrogens is 152 g/mol. The molecule has 0 spiro atoms. The Morgan fingerprint density at radius 1 is 1.17 bits per heavy atom. The van der Waals surface area contributed by atoms with E-state index in [4.69, 9.17) is 4.74 Å². The Labute approximate surface area is 75.9 Å². The van der Waals surface area contributed by atoms with E-state index in [0.717, 1.165) is 25.9 Å². The van der Waals surface area contributed by atoms with Crippen molar-refractivity contribution in [2.45, 2.75) is 46.1 Å². The summed E-state index contributed by atoms with van der Waals surface area (Å²) in [6.45, 7) is 7.88. The van der Waals surface area contributed by atoms with Gasteiger partial charge in [0.15, 0.2) is 0 Å². The molecule has 0 aliphatic rings. The lowest BCUT2D eigenvalue weighted by Crippen LogP contribution is -2.09. The molecule has 0 amide bonds. The fourth-order valence-corrected chi connectivity index (χ4v) is 0.845. The van der Waals surface area contributed by atoms with Gasteiger partial charge in [-0.15, -0.1) is 0 Å². The highest BCUT2D eigenvalue weighted by atomic mass is 16.5. The molecule has 0 aromatic heterocycles. The van der Waals surface area contributed by atoms with Crippen molar-refractivity contribution in [3.8, 4) is 0 Å². The van der Waals surface area contributed by atoms with Crippen molar-refractivity contribution in [2.24, 2.45) is 5.92 Å². The van der Waals surface area contributed by atoms with Gasteiger partial charge < -0.3 is 9.84 Å². The Kier molecular flexibility index (Phi) is 7.51. The molecule has 12 heavy (non-hydrogen) atoms. The van der Waals surface area contributed by atoms with E-state index in [0.29, 0.717) is 12.5 Å². The van der Waals surface area contributed by atoms with Gasteiger partial charge >= 0.3 is 0 Å². The standard InChI is InChI=1S/C10H22O2/c1-4-10(11)6-8-12-7-5-9(2)3/h9-11H,4-8H2,1-3H3. The average molecular weight is 174 g/mol. The number of hydrogen-bond donors (Lipinski definition) is 1. The third-order valence-corrected chi connectivity index (χ3v) is 1.91. The fraction of sp³-hybridized carbons (Fsp3) is 1.00. The van der Waals surface area contributed by atoms with Crippen molar-refractivity contribution in [2.75, 3.05) is 13.2 Å². The van der Waals surface area contributed by atoms with Gasteiger partial charge in [-0.1, -0.05) is 20.8 Å². The molecule has 0 aliphatic carbocycles. The molecule has 2 nitrogen and oxygen atoms in total. The first kappa shape index (κ1) is 11.9. The molecule has 0 saturated heterocycles. The van der Waals surface area contributed by atoms with Crippen LogP contribution in [0.4, 0.5) is 0 Å². The lowest BCUT2D eigenvalue weighted by atomic mass is 10.1. The van der Waals surface area contributed by atoms with Gasteiger partial charge in [0.1, 0.15) is 0 Å². The average Bonchev–Trinajstić information content (AvgIpc) is 2.03. The molecule has 0 aromatic carbocycles. The molecule has 1 N–H and O–H groups in total. The van der Waals surface area contributed by atoms with Gasteiger partial charge in [-0.2, -0.15) is 0 Å². The molecule has 1 unspecified atom stereocenters. The highest BCUT2D eigenvalue weighted by Crippen LogP contribution is 2.01. The highest BCUT2D eigenvalue weighted by molar-refractivity contribution is 4.50. The Bertz CT molecular complexity index is 91.8. The molecule has 0 heterocycles. The second-order valence-corrected chi connectivity index (χ2v) is 3.65. The van der Waals surface area contributed by atoms with Crippen LogP contribution in [0.5, 0.6) is 0 Å². The Morgan fingerprint density at radius 3 is 2.25 bits per heavy atom. The summed E-state index contributed by atoms with van der Waals surface area (Å²) in [7, 11) is 0. The van der Waals surface area contributed by atoms with Crippen LogP contribution in [-0.2, 0) is 4.74 Å². The Hall–Kier alpha value is -0.0800. The summed E-state index contributed by atoms with van der Waals surface area (Å²) >= 11 is 0. The normalized spacial score (nSPS) is 13.8. The molecule has 0 fully saturated rings. The maximum Gasteiger partial charge on any atom is 0.0559 e. The minimum atomic E-state index is -0.177. The quantitative estimate of drug-likeness (QED) is 0.600. The van der Waals surface area contributed by atoms with Crippen molar-refractivity contribution >= 4 is 0 Å². The maximum absolute atomic E-state index is 9.19. The lowest BCUT2D eigenvalue weighted by Gasteiger charge is -2.09. The minimum Gasteiger partial charge on any atom is -0.393 e. The van der Waals surface area contributed by atoms with Gasteiger partial charge in [-0.05, 0) is 25.2 Å². The number of rotatable bonds is 7. The second-order valence-electron chi connectivity index (χ2n) is 3.65. The van der Waals surface area contributed by atoms with Gasteiger partial charge in [0.2, 0.25) is 0 Å². The first-order valence-corrected chi connectivity index (χ1v) is 4.92. The molecule has 0 rings (SSSR count). The number of ether oxygens (including phenoxy) is 1. The van der Waals surface area contributed by atoms with Crippen molar-refractivity contribution in [1.29, 1.82) is 0 Å². The van der Waals surface area contributed by atoms with E-state index < -0.39 is 0 Å². The number of aliphatic hydroxyl groups is 1. The van der Waals surface area contributed by atoms with Gasteiger partial charge in [0.25, 0.3) is 0 Å². The van der Waals surface area contributed by atoms with Crippen LogP contribution in [0, 0.1) is 5.92 Å². The number of aliphatic hydroxyl groups excluding tert-OH is 1. The van der Waals surface area contributed by atoms with Gasteiger partial charge in [0, 0.05) is 13.2 Å². The van der Waals surface area contributed by atoms with Crippen molar-refractivity contribution in [3.05, 3.63) is 0 Å². The topological polar surface area (TPSA) is 29.5 Å². The lowest BCUT2D eigenvalue weighted by molar-refractivity contribution is 0.0753. The van der Waals surface area contributed by atoms with E-state index in [9.17, 15) is 5.11 Å². The molecule has 0 saturated carbocycles. The molecule has 0 bridgehead atoms. The fourth-order valence-electron chi connectivity index (χ4n) is 0.845. The van der Waals surface area contributed by atoms with Crippen molar-refractivity contribution in [3.63, 3.8) is 0 Å². The SMILES string of the molecule is CCC(O)CCOCCC(C)C. The van der Waals surface area contributed by atoms with E-state index >= 15 is 0 Å². The first-order valence-electron chi connectivity index (χ1n) is 4.92.